The Kier molecular flexibility index (Phi) is 4.71. The van der Waals surface area contributed by atoms with E-state index in [0.717, 1.165) is 12.1 Å². The van der Waals surface area contributed by atoms with Gasteiger partial charge in [0.05, 0.1) is 0 Å². The molecule has 17 heavy (non-hydrogen) atoms. The van der Waals surface area contributed by atoms with Crippen molar-refractivity contribution in [3.63, 3.8) is 0 Å². The molecule has 0 aromatic heterocycles. The van der Waals surface area contributed by atoms with Gasteiger partial charge in [0, 0.05) is 12.1 Å². The van der Waals surface area contributed by atoms with Crippen LogP contribution in [0.3, 0.4) is 0 Å². The van der Waals surface area contributed by atoms with Crippen molar-refractivity contribution >= 4 is 0 Å². The molecular formula is C10H11F4NO2. The molecule has 1 aromatic carbocycles. The Labute approximate surface area is 95.1 Å². The van der Waals surface area contributed by atoms with Crippen molar-refractivity contribution in [2.75, 3.05) is 13.4 Å². The van der Waals surface area contributed by atoms with Crippen LogP contribution < -0.4 is 10.5 Å². The number of halogens is 4. The summed E-state index contributed by atoms with van der Waals surface area (Å²) in [5.41, 5.74) is 5.69. The third-order valence-corrected chi connectivity index (χ3v) is 1.81. The number of alkyl halides is 3. The second kappa shape index (κ2) is 5.83. The van der Waals surface area contributed by atoms with Crippen molar-refractivity contribution < 1.29 is 27.0 Å². The van der Waals surface area contributed by atoms with Gasteiger partial charge < -0.3 is 15.2 Å². The molecule has 2 N–H and O–H groups in total. The van der Waals surface area contributed by atoms with E-state index in [2.05, 4.69) is 4.74 Å². The van der Waals surface area contributed by atoms with Gasteiger partial charge in [-0.1, -0.05) is 0 Å². The maximum atomic E-state index is 12.8. The van der Waals surface area contributed by atoms with Crippen LogP contribution in [0.15, 0.2) is 18.2 Å². The molecule has 0 heterocycles. The molecule has 3 nitrogen and oxygen atoms in total. The van der Waals surface area contributed by atoms with E-state index in [-0.39, 0.29) is 12.3 Å². The Morgan fingerprint density at radius 1 is 1.24 bits per heavy atom. The van der Waals surface area contributed by atoms with Crippen LogP contribution >= 0.6 is 0 Å². The minimum absolute atomic E-state index is 0.0202. The summed E-state index contributed by atoms with van der Waals surface area (Å²) in [5.74, 6) is -0.287. The lowest BCUT2D eigenvalue weighted by Crippen LogP contribution is -2.19. The molecule has 0 aliphatic heterocycles. The number of nitrogens with two attached hydrogens (primary N) is 1. The summed E-state index contributed by atoms with van der Waals surface area (Å²) < 4.78 is 57.1. The highest BCUT2D eigenvalue weighted by molar-refractivity contribution is 5.33. The minimum atomic E-state index is -4.40. The summed E-state index contributed by atoms with van der Waals surface area (Å²) in [6.45, 7) is -1.95. The number of benzene rings is 1. The summed E-state index contributed by atoms with van der Waals surface area (Å²) in [6, 6.07) is 3.56. The number of ether oxygens (including phenoxy) is 2. The van der Waals surface area contributed by atoms with E-state index in [0.29, 0.717) is 5.56 Å². The van der Waals surface area contributed by atoms with Gasteiger partial charge in [-0.25, -0.2) is 4.39 Å². The number of hydrogen-bond donors (Lipinski definition) is 1. The Morgan fingerprint density at radius 2 is 1.94 bits per heavy atom. The molecule has 1 aromatic rings. The normalized spacial score (nSPS) is 11.6. The Bertz CT molecular complexity index is 368. The highest BCUT2D eigenvalue weighted by Crippen LogP contribution is 2.20. The molecule has 0 spiro atoms. The molecule has 0 saturated carbocycles. The molecule has 0 atom stereocenters. The van der Waals surface area contributed by atoms with Crippen molar-refractivity contribution in [3.8, 4) is 5.75 Å². The molecule has 0 fully saturated rings. The summed E-state index contributed by atoms with van der Waals surface area (Å²) in [7, 11) is 0. The van der Waals surface area contributed by atoms with Crippen molar-refractivity contribution in [2.24, 2.45) is 5.73 Å². The number of hydrogen-bond acceptors (Lipinski definition) is 3. The molecule has 0 aliphatic carbocycles. The van der Waals surface area contributed by atoms with Crippen molar-refractivity contribution in [3.05, 3.63) is 29.6 Å². The monoisotopic (exact) mass is 253 g/mol. The van der Waals surface area contributed by atoms with E-state index in [9.17, 15) is 17.6 Å². The van der Waals surface area contributed by atoms with Crippen molar-refractivity contribution in [1.29, 1.82) is 0 Å². The van der Waals surface area contributed by atoms with Gasteiger partial charge >= 0.3 is 6.18 Å². The minimum Gasteiger partial charge on any atom is -0.467 e. The molecule has 0 aliphatic rings. The summed E-state index contributed by atoms with van der Waals surface area (Å²) in [5, 5.41) is 0. The topological polar surface area (TPSA) is 44.5 Å². The van der Waals surface area contributed by atoms with Crippen molar-refractivity contribution in [1.82, 2.24) is 0 Å². The molecule has 96 valence electrons. The average molecular weight is 253 g/mol. The third-order valence-electron chi connectivity index (χ3n) is 1.81. The van der Waals surface area contributed by atoms with Gasteiger partial charge in [-0.15, -0.1) is 0 Å². The first-order chi connectivity index (χ1) is 7.92. The molecule has 0 unspecified atom stereocenters. The lowest BCUT2D eigenvalue weighted by molar-refractivity contribution is -0.186. The SMILES string of the molecule is NCc1cc(F)ccc1OCOCC(F)(F)F. The molecule has 0 amide bonds. The Morgan fingerprint density at radius 3 is 2.53 bits per heavy atom. The molecule has 0 radical (unpaired) electrons. The standard InChI is InChI=1S/C10H11F4NO2/c11-8-1-2-9(7(3-8)4-15)17-6-16-5-10(12,13)14/h1-3H,4-6,15H2. The van der Waals surface area contributed by atoms with Gasteiger partial charge in [-0.3, -0.25) is 0 Å². The molecule has 1 rings (SSSR count). The van der Waals surface area contributed by atoms with E-state index in [1.54, 1.807) is 0 Å². The first-order valence-corrected chi connectivity index (χ1v) is 4.68. The molecule has 0 saturated heterocycles. The smallest absolute Gasteiger partial charge is 0.411 e. The van der Waals surface area contributed by atoms with Gasteiger partial charge in [0.25, 0.3) is 0 Å². The highest BCUT2D eigenvalue weighted by Gasteiger charge is 2.27. The number of rotatable bonds is 5. The van der Waals surface area contributed by atoms with E-state index in [4.69, 9.17) is 10.5 Å². The first kappa shape index (κ1) is 13.7. The average Bonchev–Trinajstić information content (AvgIpc) is 2.24. The molecule has 7 heteroatoms. The second-order valence-electron chi connectivity index (χ2n) is 3.18. The first-order valence-electron chi connectivity index (χ1n) is 4.68. The van der Waals surface area contributed by atoms with E-state index in [1.165, 1.54) is 6.07 Å². The maximum Gasteiger partial charge on any atom is 0.411 e. The van der Waals surface area contributed by atoms with Crippen LogP contribution in [0.25, 0.3) is 0 Å². The van der Waals surface area contributed by atoms with E-state index < -0.39 is 25.4 Å². The van der Waals surface area contributed by atoms with Gasteiger partial charge in [0.15, 0.2) is 6.79 Å². The lowest BCUT2D eigenvalue weighted by Gasteiger charge is -2.11. The van der Waals surface area contributed by atoms with Crippen LogP contribution in [0.1, 0.15) is 5.56 Å². The predicted molar refractivity (Wildman–Crippen MR) is 51.8 cm³/mol. The third kappa shape index (κ3) is 5.01. The fourth-order valence-corrected chi connectivity index (χ4v) is 1.11. The molecular weight excluding hydrogens is 242 g/mol. The highest BCUT2D eigenvalue weighted by atomic mass is 19.4. The Hall–Kier alpha value is -1.34. The Balaban J connectivity index is 2.46. The van der Waals surface area contributed by atoms with Gasteiger partial charge in [0.2, 0.25) is 0 Å². The van der Waals surface area contributed by atoms with Crippen LogP contribution in [0.5, 0.6) is 5.75 Å². The van der Waals surface area contributed by atoms with Gasteiger partial charge in [-0.2, -0.15) is 13.2 Å². The molecule has 0 bridgehead atoms. The zero-order chi connectivity index (χ0) is 12.9. The maximum absolute atomic E-state index is 12.8. The predicted octanol–water partition coefficient (Wildman–Crippen LogP) is 2.20. The fourth-order valence-electron chi connectivity index (χ4n) is 1.11. The van der Waals surface area contributed by atoms with Crippen LogP contribution in [0.4, 0.5) is 17.6 Å². The quantitative estimate of drug-likeness (QED) is 0.497. The van der Waals surface area contributed by atoms with Gasteiger partial charge in [0.1, 0.15) is 18.2 Å². The van der Waals surface area contributed by atoms with Crippen LogP contribution in [-0.4, -0.2) is 19.6 Å². The summed E-state index contributed by atoms with van der Waals surface area (Å²) in [4.78, 5) is 0. The zero-order valence-electron chi connectivity index (χ0n) is 8.76. The van der Waals surface area contributed by atoms with Crippen molar-refractivity contribution in [2.45, 2.75) is 12.7 Å². The summed E-state index contributed by atoms with van der Waals surface area (Å²) >= 11 is 0. The lowest BCUT2D eigenvalue weighted by atomic mass is 10.2. The zero-order valence-corrected chi connectivity index (χ0v) is 8.76. The van der Waals surface area contributed by atoms with Gasteiger partial charge in [-0.05, 0) is 18.2 Å². The van der Waals surface area contributed by atoms with E-state index in [1.807, 2.05) is 0 Å². The second-order valence-corrected chi connectivity index (χ2v) is 3.18. The van der Waals surface area contributed by atoms with Crippen LogP contribution in [0.2, 0.25) is 0 Å². The largest absolute Gasteiger partial charge is 0.467 e. The van der Waals surface area contributed by atoms with Crippen LogP contribution in [0, 0.1) is 5.82 Å². The fraction of sp³-hybridized carbons (Fsp3) is 0.400. The van der Waals surface area contributed by atoms with Crippen LogP contribution in [-0.2, 0) is 11.3 Å². The summed E-state index contributed by atoms with van der Waals surface area (Å²) in [6.07, 6.45) is -4.40. The van der Waals surface area contributed by atoms with E-state index >= 15 is 0 Å².